The summed E-state index contributed by atoms with van der Waals surface area (Å²) >= 11 is 0. The maximum atomic E-state index is 11.6. The number of anilines is 2. The van der Waals surface area contributed by atoms with Gasteiger partial charge in [0.15, 0.2) is 9.84 Å². The summed E-state index contributed by atoms with van der Waals surface area (Å²) in [7, 11) is -1.22. The highest BCUT2D eigenvalue weighted by Crippen LogP contribution is 2.27. The molecule has 0 fully saturated rings. The molecule has 0 bridgehead atoms. The van der Waals surface area contributed by atoms with E-state index in [1.54, 1.807) is 24.5 Å². The number of aryl methyl sites for hydroxylation is 3. The van der Waals surface area contributed by atoms with Crippen molar-refractivity contribution in [3.8, 4) is 0 Å². The third kappa shape index (κ3) is 2.94. The molecule has 1 aromatic heterocycles. The minimum atomic E-state index is -3.19. The molecule has 23 heavy (non-hydrogen) atoms. The molecule has 1 N–H and O–H groups in total. The van der Waals surface area contributed by atoms with Crippen LogP contribution in [0.25, 0.3) is 11.0 Å². The van der Waals surface area contributed by atoms with Crippen LogP contribution in [0.5, 0.6) is 0 Å². The summed E-state index contributed by atoms with van der Waals surface area (Å²) in [4.78, 5) is 4.72. The fraction of sp³-hybridized carbons (Fsp3) is 0.235. The number of sulfone groups is 1. The van der Waals surface area contributed by atoms with Crippen LogP contribution >= 0.6 is 0 Å². The fourth-order valence-electron chi connectivity index (χ4n) is 2.64. The van der Waals surface area contributed by atoms with Crippen LogP contribution in [0.2, 0.25) is 0 Å². The van der Waals surface area contributed by atoms with E-state index >= 15 is 0 Å². The summed E-state index contributed by atoms with van der Waals surface area (Å²) in [6.07, 6.45) is 3.02. The van der Waals surface area contributed by atoms with Crippen LogP contribution in [0.4, 0.5) is 11.4 Å². The van der Waals surface area contributed by atoms with E-state index in [2.05, 4.69) is 10.3 Å². The first kappa shape index (κ1) is 15.6. The molecule has 3 aromatic rings. The van der Waals surface area contributed by atoms with Gasteiger partial charge in [0.2, 0.25) is 0 Å². The van der Waals surface area contributed by atoms with Crippen molar-refractivity contribution in [3.63, 3.8) is 0 Å². The average molecular weight is 329 g/mol. The maximum absolute atomic E-state index is 11.6. The van der Waals surface area contributed by atoms with E-state index in [1.165, 1.54) is 6.26 Å². The van der Waals surface area contributed by atoms with Crippen molar-refractivity contribution in [2.24, 2.45) is 7.05 Å². The highest BCUT2D eigenvalue weighted by atomic mass is 32.2. The molecule has 0 spiro atoms. The monoisotopic (exact) mass is 329 g/mol. The Hall–Kier alpha value is -2.34. The second-order valence-corrected chi connectivity index (χ2v) is 7.91. The second-order valence-electron chi connectivity index (χ2n) is 5.89. The molecule has 5 nitrogen and oxygen atoms in total. The molecule has 0 atom stereocenters. The van der Waals surface area contributed by atoms with Crippen LogP contribution in [-0.4, -0.2) is 24.2 Å². The summed E-state index contributed by atoms with van der Waals surface area (Å²) in [5.74, 6) is 0. The average Bonchev–Trinajstić information content (AvgIpc) is 2.82. The van der Waals surface area contributed by atoms with E-state index in [0.29, 0.717) is 4.90 Å². The van der Waals surface area contributed by atoms with Crippen molar-refractivity contribution in [2.45, 2.75) is 18.7 Å². The Morgan fingerprint density at radius 3 is 2.48 bits per heavy atom. The van der Waals surface area contributed by atoms with Gasteiger partial charge in [0, 0.05) is 24.7 Å². The topological polar surface area (TPSA) is 64.0 Å². The van der Waals surface area contributed by atoms with Gasteiger partial charge >= 0.3 is 0 Å². The van der Waals surface area contributed by atoms with Crippen LogP contribution in [0.1, 0.15) is 11.1 Å². The molecule has 0 aliphatic heterocycles. The van der Waals surface area contributed by atoms with Crippen LogP contribution in [0.15, 0.2) is 41.6 Å². The minimum absolute atomic E-state index is 0.332. The van der Waals surface area contributed by atoms with Crippen molar-refractivity contribution < 1.29 is 8.42 Å². The summed E-state index contributed by atoms with van der Waals surface area (Å²) in [6, 6.07) is 9.19. The van der Waals surface area contributed by atoms with Gasteiger partial charge in [0.1, 0.15) is 0 Å². The van der Waals surface area contributed by atoms with E-state index < -0.39 is 9.84 Å². The Labute approximate surface area is 135 Å². The highest BCUT2D eigenvalue weighted by Gasteiger charge is 2.10. The number of hydrogen-bond donors (Lipinski definition) is 1. The number of benzene rings is 2. The SMILES string of the molecule is Cc1cc(S(C)(=O)=O)ccc1Nc1cc(C)c2ncn(C)c2c1. The molecule has 120 valence electrons. The number of rotatable bonds is 3. The predicted molar refractivity (Wildman–Crippen MR) is 93.0 cm³/mol. The van der Waals surface area contributed by atoms with Crippen molar-refractivity contribution in [3.05, 3.63) is 47.8 Å². The van der Waals surface area contributed by atoms with Crippen LogP contribution < -0.4 is 5.32 Å². The molecule has 0 unspecified atom stereocenters. The number of nitrogens with one attached hydrogen (secondary N) is 1. The molecule has 0 amide bonds. The third-order valence-electron chi connectivity index (χ3n) is 3.93. The summed E-state index contributed by atoms with van der Waals surface area (Å²) in [6.45, 7) is 3.92. The Morgan fingerprint density at radius 2 is 1.83 bits per heavy atom. The van der Waals surface area contributed by atoms with Crippen molar-refractivity contribution >= 4 is 32.2 Å². The number of imidazole rings is 1. The fourth-order valence-corrected chi connectivity index (χ4v) is 3.35. The Morgan fingerprint density at radius 1 is 1.09 bits per heavy atom. The van der Waals surface area contributed by atoms with Gasteiger partial charge < -0.3 is 9.88 Å². The zero-order valence-corrected chi connectivity index (χ0v) is 14.4. The minimum Gasteiger partial charge on any atom is -0.355 e. The van der Waals surface area contributed by atoms with E-state index in [0.717, 1.165) is 33.5 Å². The van der Waals surface area contributed by atoms with Crippen LogP contribution in [0, 0.1) is 13.8 Å². The van der Waals surface area contributed by atoms with Gasteiger partial charge in [-0.15, -0.1) is 0 Å². The first-order chi connectivity index (χ1) is 10.8. The predicted octanol–water partition coefficient (Wildman–Crippen LogP) is 3.34. The first-order valence-electron chi connectivity index (χ1n) is 7.25. The van der Waals surface area contributed by atoms with Crippen molar-refractivity contribution in [1.29, 1.82) is 0 Å². The molecular formula is C17H19N3O2S. The summed E-state index contributed by atoms with van der Waals surface area (Å²) in [5.41, 5.74) is 5.86. The molecule has 1 heterocycles. The van der Waals surface area contributed by atoms with E-state index in [9.17, 15) is 8.42 Å². The van der Waals surface area contributed by atoms with Crippen LogP contribution in [0.3, 0.4) is 0 Å². The smallest absolute Gasteiger partial charge is 0.175 e. The molecule has 0 saturated heterocycles. The molecule has 6 heteroatoms. The highest BCUT2D eigenvalue weighted by molar-refractivity contribution is 7.90. The Bertz CT molecular complexity index is 1000. The van der Waals surface area contributed by atoms with Gasteiger partial charge in [-0.05, 0) is 55.3 Å². The van der Waals surface area contributed by atoms with Crippen molar-refractivity contribution in [1.82, 2.24) is 9.55 Å². The number of nitrogens with zero attached hydrogens (tertiary/aromatic N) is 2. The molecule has 2 aromatic carbocycles. The van der Waals surface area contributed by atoms with Crippen molar-refractivity contribution in [2.75, 3.05) is 11.6 Å². The first-order valence-corrected chi connectivity index (χ1v) is 9.14. The normalized spacial score (nSPS) is 11.8. The molecule has 0 aliphatic rings. The number of aromatic nitrogens is 2. The summed E-state index contributed by atoms with van der Waals surface area (Å²) < 4.78 is 25.2. The molecule has 0 aliphatic carbocycles. The van der Waals surface area contributed by atoms with Gasteiger partial charge in [0.25, 0.3) is 0 Å². The zero-order valence-electron chi connectivity index (χ0n) is 13.6. The maximum Gasteiger partial charge on any atom is 0.175 e. The van der Waals surface area contributed by atoms with Crippen LogP contribution in [-0.2, 0) is 16.9 Å². The Balaban J connectivity index is 2.01. The van der Waals surface area contributed by atoms with Gasteiger partial charge in [-0.2, -0.15) is 0 Å². The summed E-state index contributed by atoms with van der Waals surface area (Å²) in [5, 5.41) is 3.36. The molecule has 0 saturated carbocycles. The quantitative estimate of drug-likeness (QED) is 0.800. The van der Waals surface area contributed by atoms with Gasteiger partial charge in [-0.1, -0.05) is 0 Å². The van der Waals surface area contributed by atoms with E-state index in [1.807, 2.05) is 37.6 Å². The number of hydrogen-bond acceptors (Lipinski definition) is 4. The third-order valence-corrected chi connectivity index (χ3v) is 5.04. The van der Waals surface area contributed by atoms with Gasteiger partial charge in [-0.3, -0.25) is 0 Å². The second kappa shape index (κ2) is 5.38. The number of fused-ring (bicyclic) bond motifs is 1. The lowest BCUT2D eigenvalue weighted by Crippen LogP contribution is -2.00. The van der Waals surface area contributed by atoms with E-state index in [-0.39, 0.29) is 0 Å². The van der Waals surface area contributed by atoms with E-state index in [4.69, 9.17) is 0 Å². The standard InChI is InChI=1S/C17H19N3O2S/c1-11-8-14(23(4,21)22)5-6-15(11)19-13-7-12(2)17-16(9-13)20(3)10-18-17/h5-10,19H,1-4H3. The zero-order chi connectivity index (χ0) is 16.8. The lowest BCUT2D eigenvalue weighted by molar-refractivity contribution is 0.602. The molecule has 0 radical (unpaired) electrons. The lowest BCUT2D eigenvalue weighted by Gasteiger charge is -2.12. The molecule has 3 rings (SSSR count). The Kier molecular flexibility index (Phi) is 3.64. The molecular weight excluding hydrogens is 310 g/mol. The lowest BCUT2D eigenvalue weighted by atomic mass is 10.1. The van der Waals surface area contributed by atoms with Gasteiger partial charge in [0.05, 0.1) is 22.3 Å². The van der Waals surface area contributed by atoms with Gasteiger partial charge in [-0.25, -0.2) is 13.4 Å². The largest absolute Gasteiger partial charge is 0.355 e.